The molecule has 30 heavy (non-hydrogen) atoms. The van der Waals surface area contributed by atoms with E-state index in [2.05, 4.69) is 20.5 Å². The van der Waals surface area contributed by atoms with E-state index in [-0.39, 0.29) is 18.0 Å². The van der Waals surface area contributed by atoms with Crippen LogP contribution in [0.25, 0.3) is 0 Å². The molecule has 0 aromatic heterocycles. The Morgan fingerprint density at radius 2 is 1.87 bits per heavy atom. The predicted octanol–water partition coefficient (Wildman–Crippen LogP) is 6.05. The van der Waals surface area contributed by atoms with E-state index in [0.717, 1.165) is 12.1 Å². The van der Waals surface area contributed by atoms with E-state index in [1.165, 1.54) is 6.07 Å². The fourth-order valence-corrected chi connectivity index (χ4v) is 3.41. The van der Waals surface area contributed by atoms with Gasteiger partial charge < -0.3 is 0 Å². The molecule has 1 heterocycles. The summed E-state index contributed by atoms with van der Waals surface area (Å²) < 4.78 is 39.9. The zero-order valence-corrected chi connectivity index (χ0v) is 17.7. The maximum atomic E-state index is 13.3. The average molecular weight is 476 g/mol. The summed E-state index contributed by atoms with van der Waals surface area (Å²) >= 11 is 17.9. The van der Waals surface area contributed by atoms with Crippen molar-refractivity contribution in [3.63, 3.8) is 0 Å². The Morgan fingerprint density at radius 1 is 1.10 bits per heavy atom. The van der Waals surface area contributed by atoms with Gasteiger partial charge in [0.15, 0.2) is 0 Å². The zero-order chi connectivity index (χ0) is 21.7. The fourth-order valence-electron chi connectivity index (χ4n) is 2.77. The molecule has 158 valence electrons. The van der Waals surface area contributed by atoms with Gasteiger partial charge in [-0.15, -0.1) is 23.2 Å². The van der Waals surface area contributed by atoms with E-state index in [1.807, 2.05) is 0 Å². The van der Waals surface area contributed by atoms with Crippen molar-refractivity contribution in [1.82, 2.24) is 5.43 Å². The molecule has 0 atom stereocenters. The van der Waals surface area contributed by atoms with Crippen LogP contribution in [0.5, 0.6) is 0 Å². The fraction of sp³-hybridized carbons (Fsp3) is 0.250. The van der Waals surface area contributed by atoms with Crippen LogP contribution in [0.1, 0.15) is 23.1 Å². The standard InChI is InChI=1S/C20H16Cl3F3N4/c21-8-7-13(10-22)29-30-18-11-27-19(14-3-1-2-4-16(14)23)15-9-12(20(24,25)26)5-6-17(15)28-18/h1-6,9H,7-8,10-11H2,(H,28,30). The summed E-state index contributed by atoms with van der Waals surface area (Å²) in [7, 11) is 0. The molecule has 0 unspecified atom stereocenters. The second-order valence-corrected chi connectivity index (χ2v) is 7.35. The highest BCUT2D eigenvalue weighted by Gasteiger charge is 2.32. The highest BCUT2D eigenvalue weighted by molar-refractivity contribution is 6.36. The van der Waals surface area contributed by atoms with Crippen LogP contribution < -0.4 is 5.43 Å². The Bertz CT molecular complexity index is 1020. The van der Waals surface area contributed by atoms with Crippen molar-refractivity contribution >= 4 is 57.7 Å². The van der Waals surface area contributed by atoms with Gasteiger partial charge in [0.2, 0.25) is 0 Å². The topological polar surface area (TPSA) is 49.1 Å². The van der Waals surface area contributed by atoms with Gasteiger partial charge in [0.1, 0.15) is 5.84 Å². The molecule has 1 N–H and O–H groups in total. The van der Waals surface area contributed by atoms with Gasteiger partial charge in [0, 0.05) is 28.5 Å². The number of nitrogens with zero attached hydrogens (tertiary/aromatic N) is 3. The largest absolute Gasteiger partial charge is 0.416 e. The van der Waals surface area contributed by atoms with Crippen LogP contribution >= 0.6 is 34.8 Å². The molecule has 0 radical (unpaired) electrons. The molecule has 4 nitrogen and oxygen atoms in total. The third-order valence-electron chi connectivity index (χ3n) is 4.23. The minimum absolute atomic E-state index is 0.0660. The van der Waals surface area contributed by atoms with Gasteiger partial charge in [0.05, 0.1) is 35.1 Å². The van der Waals surface area contributed by atoms with Crippen LogP contribution in [0.15, 0.2) is 57.6 Å². The van der Waals surface area contributed by atoms with Crippen molar-refractivity contribution in [3.8, 4) is 0 Å². The first-order chi connectivity index (χ1) is 14.3. The molecule has 3 rings (SSSR count). The Morgan fingerprint density at radius 3 is 2.53 bits per heavy atom. The molecule has 0 amide bonds. The third kappa shape index (κ3) is 5.33. The van der Waals surface area contributed by atoms with E-state index >= 15 is 0 Å². The highest BCUT2D eigenvalue weighted by atomic mass is 35.5. The number of alkyl halides is 5. The van der Waals surface area contributed by atoms with Crippen LogP contribution in [-0.4, -0.2) is 35.6 Å². The van der Waals surface area contributed by atoms with Crippen LogP contribution in [0.3, 0.4) is 0 Å². The lowest BCUT2D eigenvalue weighted by Crippen LogP contribution is -2.23. The Balaban J connectivity index is 2.08. The zero-order valence-electron chi connectivity index (χ0n) is 15.5. The predicted molar refractivity (Wildman–Crippen MR) is 117 cm³/mol. The van der Waals surface area contributed by atoms with Crippen molar-refractivity contribution in [2.45, 2.75) is 12.6 Å². The first-order valence-corrected chi connectivity index (χ1v) is 10.3. The van der Waals surface area contributed by atoms with Crippen LogP contribution in [0.2, 0.25) is 5.02 Å². The summed E-state index contributed by atoms with van der Waals surface area (Å²) in [6.45, 7) is 0.0660. The van der Waals surface area contributed by atoms with Crippen molar-refractivity contribution in [2.75, 3.05) is 18.3 Å². The number of aliphatic imine (C=N–C) groups is 2. The van der Waals surface area contributed by atoms with E-state index in [1.54, 1.807) is 24.3 Å². The van der Waals surface area contributed by atoms with E-state index in [0.29, 0.717) is 45.8 Å². The van der Waals surface area contributed by atoms with Crippen molar-refractivity contribution in [3.05, 3.63) is 64.2 Å². The van der Waals surface area contributed by atoms with Gasteiger partial charge >= 0.3 is 6.18 Å². The van der Waals surface area contributed by atoms with E-state index in [9.17, 15) is 13.2 Å². The Hall–Kier alpha value is -2.09. The lowest BCUT2D eigenvalue weighted by Gasteiger charge is -2.13. The monoisotopic (exact) mass is 474 g/mol. The number of amidine groups is 1. The maximum absolute atomic E-state index is 13.3. The second kappa shape index (κ2) is 9.81. The molecule has 2 aromatic carbocycles. The summed E-state index contributed by atoms with van der Waals surface area (Å²) in [6.07, 6.45) is -4.01. The number of halogens is 6. The van der Waals surface area contributed by atoms with Crippen molar-refractivity contribution in [1.29, 1.82) is 0 Å². The SMILES string of the molecule is FC(F)(F)c1ccc2c(c1)C(c1ccccc1Cl)=NCC(NN=C(CCl)CCCl)=N2. The highest BCUT2D eigenvalue weighted by Crippen LogP contribution is 2.35. The number of fused-ring (bicyclic) bond motifs is 1. The third-order valence-corrected chi connectivity index (χ3v) is 5.06. The van der Waals surface area contributed by atoms with Gasteiger partial charge in [-0.3, -0.25) is 10.4 Å². The smallest absolute Gasteiger partial charge is 0.276 e. The van der Waals surface area contributed by atoms with Gasteiger partial charge in [-0.2, -0.15) is 18.3 Å². The molecular formula is C20H16Cl3F3N4. The minimum atomic E-state index is -4.50. The summed E-state index contributed by atoms with van der Waals surface area (Å²) in [4.78, 5) is 8.92. The molecule has 1 aliphatic heterocycles. The summed E-state index contributed by atoms with van der Waals surface area (Å²) in [5.41, 5.74) is 4.03. The molecule has 0 bridgehead atoms. The van der Waals surface area contributed by atoms with Crippen molar-refractivity contribution in [2.24, 2.45) is 15.1 Å². The first kappa shape index (κ1) is 22.6. The summed E-state index contributed by atoms with van der Waals surface area (Å²) in [5, 5.41) is 4.56. The van der Waals surface area contributed by atoms with E-state index in [4.69, 9.17) is 34.8 Å². The second-order valence-electron chi connectivity index (χ2n) is 6.30. The number of hydrogen-bond donors (Lipinski definition) is 1. The molecule has 0 aliphatic carbocycles. The molecule has 0 spiro atoms. The van der Waals surface area contributed by atoms with E-state index < -0.39 is 11.7 Å². The van der Waals surface area contributed by atoms with Crippen LogP contribution in [0.4, 0.5) is 18.9 Å². The molecule has 10 heteroatoms. The van der Waals surface area contributed by atoms with Crippen LogP contribution in [-0.2, 0) is 6.18 Å². The number of benzene rings is 2. The van der Waals surface area contributed by atoms with Gasteiger partial charge in [-0.25, -0.2) is 4.99 Å². The molecule has 0 fully saturated rings. The van der Waals surface area contributed by atoms with Crippen LogP contribution in [0, 0.1) is 0 Å². The normalized spacial score (nSPS) is 14.5. The van der Waals surface area contributed by atoms with Gasteiger partial charge in [0.25, 0.3) is 0 Å². The van der Waals surface area contributed by atoms with Gasteiger partial charge in [-0.1, -0.05) is 29.8 Å². The number of nitrogens with one attached hydrogen (secondary N) is 1. The summed E-state index contributed by atoms with van der Waals surface area (Å²) in [5.74, 6) is 0.903. The Kier molecular flexibility index (Phi) is 7.39. The van der Waals surface area contributed by atoms with Crippen molar-refractivity contribution < 1.29 is 13.2 Å². The first-order valence-electron chi connectivity index (χ1n) is 8.85. The average Bonchev–Trinajstić information content (AvgIpc) is 2.89. The van der Waals surface area contributed by atoms with Gasteiger partial charge in [-0.05, 0) is 24.3 Å². The molecule has 0 saturated carbocycles. The quantitative estimate of drug-likeness (QED) is 0.319. The molecule has 0 saturated heterocycles. The molecule has 2 aromatic rings. The number of hydrogen-bond acceptors (Lipinski definition) is 4. The lowest BCUT2D eigenvalue weighted by molar-refractivity contribution is -0.137. The number of hydrazone groups is 1. The Labute approximate surface area is 186 Å². The summed E-state index contributed by atoms with van der Waals surface area (Å²) in [6, 6.07) is 10.2. The maximum Gasteiger partial charge on any atom is 0.416 e. The molecular weight excluding hydrogens is 460 g/mol. The number of rotatable bonds is 5. The molecule has 1 aliphatic rings. The minimum Gasteiger partial charge on any atom is -0.276 e. The lowest BCUT2D eigenvalue weighted by atomic mass is 9.98.